The van der Waals surface area contributed by atoms with Gasteiger partial charge in [-0.3, -0.25) is 4.79 Å². The summed E-state index contributed by atoms with van der Waals surface area (Å²) in [5.74, 6) is -0.542. The molecule has 1 amide bonds. The van der Waals surface area contributed by atoms with Gasteiger partial charge in [-0.1, -0.05) is 22.9 Å². The number of aromatic amines is 1. The third-order valence-corrected chi connectivity index (χ3v) is 5.84. The highest BCUT2D eigenvalue weighted by Gasteiger charge is 2.26. The molecule has 0 saturated carbocycles. The van der Waals surface area contributed by atoms with E-state index < -0.39 is 5.82 Å². The van der Waals surface area contributed by atoms with Crippen molar-refractivity contribution in [2.45, 2.75) is 13.0 Å². The Morgan fingerprint density at radius 2 is 2.20 bits per heavy atom. The number of halogens is 2. The van der Waals surface area contributed by atoms with Gasteiger partial charge in [-0.05, 0) is 18.2 Å². The van der Waals surface area contributed by atoms with E-state index in [0.29, 0.717) is 34.7 Å². The smallest absolute Gasteiger partial charge is 0.270 e. The second kappa shape index (κ2) is 6.00. The fraction of sp³-hybridized carbons (Fsp3) is 0.294. The molecular formula is C17H16ClFN4OS. The Balaban J connectivity index is 1.62. The van der Waals surface area contributed by atoms with Crippen LogP contribution in [-0.4, -0.2) is 41.4 Å². The molecular weight excluding hydrogens is 363 g/mol. The topological polar surface area (TPSA) is 52.2 Å². The third-order valence-electron chi connectivity index (χ3n) is 4.27. The second-order valence-corrected chi connectivity index (χ2v) is 7.74. The van der Waals surface area contributed by atoms with Crippen LogP contribution in [0, 0.1) is 5.82 Å². The molecule has 0 saturated heterocycles. The molecule has 0 atom stereocenters. The predicted molar refractivity (Wildman–Crippen MR) is 98.2 cm³/mol. The van der Waals surface area contributed by atoms with Gasteiger partial charge in [0.1, 0.15) is 11.5 Å². The van der Waals surface area contributed by atoms with Gasteiger partial charge in [0, 0.05) is 37.3 Å². The Hall–Kier alpha value is -2.12. The maximum absolute atomic E-state index is 13.5. The van der Waals surface area contributed by atoms with Crippen molar-refractivity contribution >= 4 is 44.9 Å². The first kappa shape index (κ1) is 16.4. The van der Waals surface area contributed by atoms with E-state index >= 15 is 0 Å². The Morgan fingerprint density at radius 1 is 1.40 bits per heavy atom. The number of H-pyrrole nitrogens is 1. The first-order chi connectivity index (χ1) is 11.9. The van der Waals surface area contributed by atoms with Gasteiger partial charge in [-0.2, -0.15) is 0 Å². The van der Waals surface area contributed by atoms with E-state index in [2.05, 4.69) is 9.97 Å². The van der Waals surface area contributed by atoms with E-state index in [9.17, 15) is 9.18 Å². The van der Waals surface area contributed by atoms with Crippen LogP contribution < -0.4 is 4.90 Å². The number of rotatable bonds is 2. The summed E-state index contributed by atoms with van der Waals surface area (Å²) in [5.41, 5.74) is 2.02. The van der Waals surface area contributed by atoms with Crippen molar-refractivity contribution < 1.29 is 9.18 Å². The molecule has 0 unspecified atom stereocenters. The van der Waals surface area contributed by atoms with Crippen LogP contribution in [-0.2, 0) is 13.0 Å². The zero-order valence-corrected chi connectivity index (χ0v) is 15.3. The minimum absolute atomic E-state index is 0.113. The summed E-state index contributed by atoms with van der Waals surface area (Å²) in [5, 5.41) is 1.90. The first-order valence-electron chi connectivity index (χ1n) is 7.85. The third kappa shape index (κ3) is 2.87. The van der Waals surface area contributed by atoms with E-state index in [-0.39, 0.29) is 5.91 Å². The van der Waals surface area contributed by atoms with Gasteiger partial charge < -0.3 is 14.8 Å². The van der Waals surface area contributed by atoms with Crippen LogP contribution in [0.4, 0.5) is 9.52 Å². The summed E-state index contributed by atoms with van der Waals surface area (Å²) in [6.45, 7) is 1.15. The van der Waals surface area contributed by atoms with Gasteiger partial charge >= 0.3 is 0 Å². The Kier molecular flexibility index (Phi) is 3.92. The van der Waals surface area contributed by atoms with E-state index in [1.54, 1.807) is 22.3 Å². The number of carbonyl (C=O) groups is 1. The number of amides is 1. The number of hydrogen-bond acceptors (Lipinski definition) is 4. The molecule has 0 aliphatic carbocycles. The Labute approximate surface area is 153 Å². The van der Waals surface area contributed by atoms with Crippen LogP contribution in [0.15, 0.2) is 18.2 Å². The van der Waals surface area contributed by atoms with Gasteiger partial charge in [0.25, 0.3) is 5.91 Å². The van der Waals surface area contributed by atoms with Gasteiger partial charge in [-0.15, -0.1) is 0 Å². The molecule has 1 aliphatic rings. The molecule has 1 N–H and O–H groups in total. The number of nitrogens with zero attached hydrogens (tertiary/aromatic N) is 3. The molecule has 130 valence electrons. The quantitative estimate of drug-likeness (QED) is 0.740. The number of nitrogens with one attached hydrogen (secondary N) is 1. The van der Waals surface area contributed by atoms with Crippen LogP contribution in [0.25, 0.3) is 10.9 Å². The number of fused-ring (bicyclic) bond motifs is 2. The summed E-state index contributed by atoms with van der Waals surface area (Å²) in [6.07, 6.45) is 0.737. The average Bonchev–Trinajstić information content (AvgIpc) is 3.17. The molecule has 2 aromatic heterocycles. The van der Waals surface area contributed by atoms with Crippen LogP contribution >= 0.6 is 22.9 Å². The van der Waals surface area contributed by atoms with Crippen molar-refractivity contribution in [1.29, 1.82) is 0 Å². The van der Waals surface area contributed by atoms with Gasteiger partial charge in [0.2, 0.25) is 0 Å². The number of carbonyl (C=O) groups excluding carboxylic acids is 1. The lowest BCUT2D eigenvalue weighted by molar-refractivity contribution is 0.0731. The molecule has 4 rings (SSSR count). The highest BCUT2D eigenvalue weighted by atomic mass is 35.5. The van der Waals surface area contributed by atoms with E-state index in [4.69, 9.17) is 11.6 Å². The van der Waals surface area contributed by atoms with E-state index in [1.165, 1.54) is 12.1 Å². The largest absolute Gasteiger partial charge is 0.354 e. The molecule has 8 heteroatoms. The number of anilines is 1. The molecule has 0 bridgehead atoms. The zero-order valence-electron chi connectivity index (χ0n) is 13.8. The highest BCUT2D eigenvalue weighted by Crippen LogP contribution is 2.31. The highest BCUT2D eigenvalue weighted by molar-refractivity contribution is 7.15. The number of thiazole rings is 1. The molecule has 0 fully saturated rings. The fourth-order valence-electron chi connectivity index (χ4n) is 2.99. The second-order valence-electron chi connectivity index (χ2n) is 6.27. The molecule has 1 aromatic carbocycles. The van der Waals surface area contributed by atoms with Crippen molar-refractivity contribution in [2.24, 2.45) is 0 Å². The molecule has 3 heterocycles. The summed E-state index contributed by atoms with van der Waals surface area (Å²) < 4.78 is 13.5. The van der Waals surface area contributed by atoms with Crippen molar-refractivity contribution in [3.63, 3.8) is 0 Å². The van der Waals surface area contributed by atoms with Crippen molar-refractivity contribution in [3.8, 4) is 0 Å². The predicted octanol–water partition coefficient (Wildman–Crippen LogP) is 3.68. The fourth-order valence-corrected chi connectivity index (χ4v) is 4.30. The summed E-state index contributed by atoms with van der Waals surface area (Å²) in [4.78, 5) is 25.3. The summed E-state index contributed by atoms with van der Waals surface area (Å²) in [6, 6.07) is 4.28. The number of aromatic nitrogens is 2. The average molecular weight is 379 g/mol. The molecule has 3 aromatic rings. The minimum Gasteiger partial charge on any atom is -0.354 e. The first-order valence-corrected chi connectivity index (χ1v) is 9.05. The van der Waals surface area contributed by atoms with Crippen LogP contribution in [0.2, 0.25) is 5.02 Å². The van der Waals surface area contributed by atoms with Gasteiger partial charge in [0.05, 0.1) is 22.8 Å². The monoisotopic (exact) mass is 378 g/mol. The SMILES string of the molecule is CN(C)c1nc2c(s1)CN(C(=O)c1cc3c(Cl)cc(F)cc3[nH]1)CC2. The Bertz CT molecular complexity index is 981. The van der Waals surface area contributed by atoms with E-state index in [0.717, 1.165) is 22.1 Å². The maximum atomic E-state index is 13.5. The zero-order chi connectivity index (χ0) is 17.7. The lowest BCUT2D eigenvalue weighted by atomic mass is 10.1. The molecule has 25 heavy (non-hydrogen) atoms. The minimum atomic E-state index is -0.429. The van der Waals surface area contributed by atoms with Crippen LogP contribution in [0.1, 0.15) is 21.1 Å². The van der Waals surface area contributed by atoms with Crippen molar-refractivity contribution in [3.05, 3.63) is 45.3 Å². The molecule has 1 aliphatic heterocycles. The van der Waals surface area contributed by atoms with Crippen LogP contribution in [0.5, 0.6) is 0 Å². The van der Waals surface area contributed by atoms with Crippen LogP contribution in [0.3, 0.4) is 0 Å². The lowest BCUT2D eigenvalue weighted by Crippen LogP contribution is -2.35. The molecule has 0 spiro atoms. The molecule has 5 nitrogen and oxygen atoms in total. The number of hydrogen-bond donors (Lipinski definition) is 1. The maximum Gasteiger partial charge on any atom is 0.270 e. The Morgan fingerprint density at radius 3 is 2.96 bits per heavy atom. The van der Waals surface area contributed by atoms with Gasteiger partial charge in [-0.25, -0.2) is 9.37 Å². The summed E-state index contributed by atoms with van der Waals surface area (Å²) in [7, 11) is 3.92. The normalized spacial score (nSPS) is 14.0. The van der Waals surface area contributed by atoms with Crippen molar-refractivity contribution in [1.82, 2.24) is 14.9 Å². The van der Waals surface area contributed by atoms with Crippen molar-refractivity contribution in [2.75, 3.05) is 25.5 Å². The number of benzene rings is 1. The summed E-state index contributed by atoms with van der Waals surface area (Å²) >= 11 is 7.68. The van der Waals surface area contributed by atoms with Gasteiger partial charge in [0.15, 0.2) is 5.13 Å². The van der Waals surface area contributed by atoms with E-state index in [1.807, 2.05) is 19.0 Å². The molecule has 0 radical (unpaired) electrons. The standard InChI is InChI=1S/C17H16ClFN4OS/c1-22(2)17-21-12-3-4-23(8-15(12)25-17)16(24)14-7-10-11(18)5-9(19)6-13(10)20-14/h5-7,20H,3-4,8H2,1-2H3. The lowest BCUT2D eigenvalue weighted by Gasteiger charge is -2.25.